The molecule has 5 aliphatic carbocycles. The van der Waals surface area contributed by atoms with Crippen LogP contribution in [0.1, 0.15) is 112 Å². The Morgan fingerprint density at radius 1 is 0.896 bits per heavy atom. The molecule has 272 valence electrons. The maximum atomic E-state index is 13.0. The standard InChI is InChI=1S/C38H60O10/c1-33(2)14-16-38(32(44)45)17-15-36(5)21(22(38)19-33)8-9-25-34(3)12-11-26(35(4,20-39)24(34)10-13-37(25,36)6)48-31-30(43)29(42)28(41)23(47-31)18-27(40)46-7/h8,22-26,28-31,39,41-43H,9-20H2,1-7H3,(H,44,45). The van der Waals surface area contributed by atoms with Crippen LogP contribution in [0.5, 0.6) is 0 Å². The molecule has 48 heavy (non-hydrogen) atoms. The molecule has 0 aromatic rings. The number of rotatable bonds is 6. The van der Waals surface area contributed by atoms with Crippen molar-refractivity contribution in [1.82, 2.24) is 0 Å². The third-order valence-corrected chi connectivity index (χ3v) is 15.7. The van der Waals surface area contributed by atoms with Crippen molar-refractivity contribution in [3.63, 3.8) is 0 Å². The summed E-state index contributed by atoms with van der Waals surface area (Å²) in [6.45, 7) is 13.8. The lowest BCUT2D eigenvalue weighted by Gasteiger charge is -2.71. The first-order chi connectivity index (χ1) is 22.3. The predicted molar refractivity (Wildman–Crippen MR) is 176 cm³/mol. The van der Waals surface area contributed by atoms with E-state index in [0.29, 0.717) is 18.8 Å². The molecule has 6 aliphatic rings. The molecular formula is C38H60O10. The Kier molecular flexibility index (Phi) is 9.07. The van der Waals surface area contributed by atoms with Gasteiger partial charge in [-0.3, -0.25) is 9.59 Å². The molecule has 1 heterocycles. The summed E-state index contributed by atoms with van der Waals surface area (Å²) in [6.07, 6.45) is 3.00. The zero-order valence-corrected chi connectivity index (χ0v) is 30.0. The molecule has 10 nitrogen and oxygen atoms in total. The number of carboxylic acids is 1. The fourth-order valence-electron chi connectivity index (χ4n) is 12.5. The summed E-state index contributed by atoms with van der Waals surface area (Å²) in [7, 11) is 1.23. The number of carboxylic acid groups (broad SMARTS) is 1. The van der Waals surface area contributed by atoms with Crippen molar-refractivity contribution in [3.8, 4) is 0 Å². The van der Waals surface area contributed by atoms with E-state index in [4.69, 9.17) is 14.2 Å². The van der Waals surface area contributed by atoms with Gasteiger partial charge in [0.1, 0.15) is 18.3 Å². The SMILES string of the molecule is COC(=O)CC1OC(OC2CCC3(C)C(CCC4(C)C3CC=C3C5CC(C)(C)CCC5(C(=O)O)CCC34C)C2(C)CO)C(O)C(O)C1O. The second kappa shape index (κ2) is 12.0. The molecule has 0 bridgehead atoms. The van der Waals surface area contributed by atoms with Gasteiger partial charge >= 0.3 is 11.9 Å². The van der Waals surface area contributed by atoms with Crippen LogP contribution in [-0.2, 0) is 23.8 Å². The maximum absolute atomic E-state index is 13.0. The molecule has 5 fully saturated rings. The van der Waals surface area contributed by atoms with Gasteiger partial charge in [-0.1, -0.05) is 53.2 Å². The van der Waals surface area contributed by atoms with Gasteiger partial charge < -0.3 is 39.7 Å². The molecule has 0 spiro atoms. The first-order valence-electron chi connectivity index (χ1n) is 18.3. The van der Waals surface area contributed by atoms with Gasteiger partial charge in [0, 0.05) is 5.41 Å². The lowest BCUT2D eigenvalue weighted by molar-refractivity contribution is -0.330. The van der Waals surface area contributed by atoms with Crippen molar-refractivity contribution in [2.24, 2.45) is 50.2 Å². The molecule has 5 N–H and O–H groups in total. The molecule has 0 radical (unpaired) electrons. The Labute approximate surface area is 285 Å². The molecule has 14 unspecified atom stereocenters. The van der Waals surface area contributed by atoms with E-state index >= 15 is 0 Å². The van der Waals surface area contributed by atoms with E-state index in [1.54, 1.807) is 0 Å². The fraction of sp³-hybridized carbons (Fsp3) is 0.895. The zero-order valence-electron chi connectivity index (χ0n) is 30.0. The predicted octanol–water partition coefficient (Wildman–Crippen LogP) is 4.60. The van der Waals surface area contributed by atoms with Crippen molar-refractivity contribution in [2.75, 3.05) is 13.7 Å². The van der Waals surface area contributed by atoms with Crippen LogP contribution in [0.25, 0.3) is 0 Å². The molecule has 10 heteroatoms. The minimum absolute atomic E-state index is 0.0390. The van der Waals surface area contributed by atoms with Gasteiger partial charge in [-0.05, 0) is 104 Å². The van der Waals surface area contributed by atoms with Gasteiger partial charge in [0.15, 0.2) is 6.29 Å². The van der Waals surface area contributed by atoms with E-state index in [-0.39, 0.29) is 46.5 Å². The van der Waals surface area contributed by atoms with Crippen LogP contribution in [0.4, 0.5) is 0 Å². The third-order valence-electron chi connectivity index (χ3n) is 15.7. The Morgan fingerprint density at radius 3 is 2.23 bits per heavy atom. The lowest BCUT2D eigenvalue weighted by atomic mass is 9.33. The van der Waals surface area contributed by atoms with Crippen molar-refractivity contribution in [2.45, 2.75) is 149 Å². The quantitative estimate of drug-likeness (QED) is 0.153. The average Bonchev–Trinajstić information content (AvgIpc) is 3.03. The summed E-state index contributed by atoms with van der Waals surface area (Å²) < 4.78 is 17.1. The number of esters is 1. The molecule has 1 aliphatic heterocycles. The van der Waals surface area contributed by atoms with E-state index in [0.717, 1.165) is 51.4 Å². The van der Waals surface area contributed by atoms with Crippen LogP contribution in [0.3, 0.4) is 0 Å². The molecule has 6 rings (SSSR count). The van der Waals surface area contributed by atoms with E-state index in [1.165, 1.54) is 12.7 Å². The Balaban J connectivity index is 1.29. The molecule has 0 aromatic heterocycles. The van der Waals surface area contributed by atoms with Crippen LogP contribution < -0.4 is 0 Å². The van der Waals surface area contributed by atoms with Crippen molar-refractivity contribution >= 4 is 11.9 Å². The van der Waals surface area contributed by atoms with Crippen LogP contribution in [0.15, 0.2) is 11.6 Å². The van der Waals surface area contributed by atoms with E-state index in [2.05, 4.69) is 47.6 Å². The van der Waals surface area contributed by atoms with Crippen molar-refractivity contribution in [3.05, 3.63) is 11.6 Å². The fourth-order valence-corrected chi connectivity index (χ4v) is 12.5. The number of aliphatic carboxylic acids is 1. The summed E-state index contributed by atoms with van der Waals surface area (Å²) in [5.74, 6) is -0.764. The van der Waals surface area contributed by atoms with E-state index in [1.807, 2.05) is 0 Å². The highest BCUT2D eigenvalue weighted by Gasteiger charge is 2.70. The van der Waals surface area contributed by atoms with Gasteiger partial charge in [0.05, 0.1) is 37.8 Å². The summed E-state index contributed by atoms with van der Waals surface area (Å²) in [4.78, 5) is 25.0. The smallest absolute Gasteiger partial charge is 0.310 e. The number of carbonyl (C=O) groups is 2. The van der Waals surface area contributed by atoms with Crippen molar-refractivity contribution in [1.29, 1.82) is 0 Å². The minimum Gasteiger partial charge on any atom is -0.481 e. The number of fused-ring (bicyclic) bond motifs is 7. The minimum atomic E-state index is -1.57. The number of ether oxygens (including phenoxy) is 3. The van der Waals surface area contributed by atoms with Gasteiger partial charge in [-0.15, -0.1) is 0 Å². The highest BCUT2D eigenvalue weighted by atomic mass is 16.7. The zero-order chi connectivity index (χ0) is 35.2. The van der Waals surface area contributed by atoms with Crippen LogP contribution in [0, 0.1) is 50.2 Å². The number of hydrogen-bond donors (Lipinski definition) is 5. The summed E-state index contributed by atoms with van der Waals surface area (Å²) in [6, 6.07) is 0. The number of carbonyl (C=O) groups excluding carboxylic acids is 1. The summed E-state index contributed by atoms with van der Waals surface area (Å²) in [5, 5.41) is 53.8. The number of aliphatic hydroxyl groups excluding tert-OH is 4. The number of methoxy groups -OCH3 is 1. The average molecular weight is 677 g/mol. The number of allylic oxidation sites excluding steroid dienone is 2. The molecular weight excluding hydrogens is 616 g/mol. The summed E-state index contributed by atoms with van der Waals surface area (Å²) in [5.41, 5.74) is -0.150. The van der Waals surface area contributed by atoms with Gasteiger partial charge in [-0.25, -0.2) is 0 Å². The van der Waals surface area contributed by atoms with Crippen molar-refractivity contribution < 1.29 is 49.3 Å². The first-order valence-corrected chi connectivity index (χ1v) is 18.3. The molecule has 0 aromatic carbocycles. The Hall–Kier alpha value is -1.56. The highest BCUT2D eigenvalue weighted by molar-refractivity contribution is 5.76. The second-order valence-electron chi connectivity index (χ2n) is 18.3. The van der Waals surface area contributed by atoms with Crippen LogP contribution in [-0.4, -0.2) is 88.0 Å². The number of aliphatic hydroxyl groups is 4. The molecule has 4 saturated carbocycles. The monoisotopic (exact) mass is 676 g/mol. The van der Waals surface area contributed by atoms with E-state index < -0.39 is 59.6 Å². The Morgan fingerprint density at radius 2 is 1.58 bits per heavy atom. The van der Waals surface area contributed by atoms with Crippen LogP contribution >= 0.6 is 0 Å². The first kappa shape index (κ1) is 36.2. The number of hydrogen-bond acceptors (Lipinski definition) is 9. The van der Waals surface area contributed by atoms with Gasteiger partial charge in [0.2, 0.25) is 0 Å². The molecule has 0 amide bonds. The topological polar surface area (TPSA) is 163 Å². The van der Waals surface area contributed by atoms with Crippen LogP contribution in [0.2, 0.25) is 0 Å². The lowest BCUT2D eigenvalue weighted by Crippen LogP contribution is -2.67. The summed E-state index contributed by atoms with van der Waals surface area (Å²) >= 11 is 0. The maximum Gasteiger partial charge on any atom is 0.310 e. The third kappa shape index (κ3) is 5.08. The van der Waals surface area contributed by atoms with Gasteiger partial charge in [0.25, 0.3) is 0 Å². The second-order valence-corrected chi connectivity index (χ2v) is 18.3. The van der Waals surface area contributed by atoms with Gasteiger partial charge in [-0.2, -0.15) is 0 Å². The molecule has 1 saturated heterocycles. The molecule has 14 atom stereocenters. The highest BCUT2D eigenvalue weighted by Crippen LogP contribution is 2.76. The van der Waals surface area contributed by atoms with E-state index in [9.17, 15) is 35.1 Å². The normalized spacial score (nSPS) is 51.3. The Bertz CT molecular complexity index is 1310. The largest absolute Gasteiger partial charge is 0.481 e.